The van der Waals surface area contributed by atoms with Crippen LogP contribution in [0.5, 0.6) is 5.75 Å². The molecule has 4 rings (SSSR count). The maximum Gasteiger partial charge on any atom is 0.265 e. The maximum atomic E-state index is 13.0. The van der Waals surface area contributed by atoms with Crippen molar-refractivity contribution in [3.63, 3.8) is 0 Å². The first-order valence-electron chi connectivity index (χ1n) is 9.30. The molecule has 146 valence electrons. The number of anilines is 1. The highest BCUT2D eigenvalue weighted by molar-refractivity contribution is 6.30. The van der Waals surface area contributed by atoms with Gasteiger partial charge in [-0.25, -0.2) is 4.39 Å². The lowest BCUT2D eigenvalue weighted by atomic mass is 9.88. The van der Waals surface area contributed by atoms with Gasteiger partial charge in [-0.05, 0) is 55.3 Å². The molecule has 2 heterocycles. The monoisotopic (exact) mass is 402 g/mol. The van der Waals surface area contributed by atoms with Gasteiger partial charge in [0.1, 0.15) is 11.6 Å². The molecule has 0 spiro atoms. The van der Waals surface area contributed by atoms with E-state index in [4.69, 9.17) is 16.3 Å². The molecule has 0 bridgehead atoms. The van der Waals surface area contributed by atoms with Crippen molar-refractivity contribution in [2.45, 2.75) is 18.9 Å². The van der Waals surface area contributed by atoms with Crippen LogP contribution in [0.3, 0.4) is 0 Å². The summed E-state index contributed by atoms with van der Waals surface area (Å²) in [6.07, 6.45) is 0.584. The van der Waals surface area contributed by atoms with Gasteiger partial charge in [0.25, 0.3) is 5.91 Å². The number of rotatable bonds is 3. The first kappa shape index (κ1) is 18.7. The highest BCUT2D eigenvalue weighted by Gasteiger charge is 2.33. The fourth-order valence-electron chi connectivity index (χ4n) is 3.69. The van der Waals surface area contributed by atoms with E-state index in [1.807, 2.05) is 0 Å². The summed E-state index contributed by atoms with van der Waals surface area (Å²) in [5.41, 5.74) is 1.29. The number of hydrogen-bond donors (Lipinski definition) is 1. The number of carbonyl (C=O) groups excluding carboxylic acids is 2. The molecule has 5 nitrogen and oxygen atoms in total. The number of piperidine rings is 1. The second kappa shape index (κ2) is 7.80. The van der Waals surface area contributed by atoms with Crippen molar-refractivity contribution < 1.29 is 18.7 Å². The van der Waals surface area contributed by atoms with Crippen molar-refractivity contribution >= 4 is 29.0 Å². The molecule has 1 N–H and O–H groups in total. The van der Waals surface area contributed by atoms with E-state index < -0.39 is 6.10 Å². The van der Waals surface area contributed by atoms with E-state index in [1.165, 1.54) is 24.3 Å². The van der Waals surface area contributed by atoms with Crippen molar-refractivity contribution in [2.24, 2.45) is 5.92 Å². The van der Waals surface area contributed by atoms with Crippen LogP contribution in [-0.2, 0) is 4.79 Å². The topological polar surface area (TPSA) is 58.6 Å². The summed E-state index contributed by atoms with van der Waals surface area (Å²) >= 11 is 5.97. The van der Waals surface area contributed by atoms with Gasteiger partial charge in [0.2, 0.25) is 0 Å². The van der Waals surface area contributed by atoms with E-state index in [1.54, 1.807) is 23.1 Å². The first-order chi connectivity index (χ1) is 13.5. The van der Waals surface area contributed by atoms with Crippen LogP contribution in [0.15, 0.2) is 42.5 Å². The van der Waals surface area contributed by atoms with Crippen LogP contribution in [-0.4, -0.2) is 42.3 Å². The van der Waals surface area contributed by atoms with Crippen LogP contribution in [0.4, 0.5) is 10.1 Å². The van der Waals surface area contributed by atoms with E-state index >= 15 is 0 Å². The predicted octanol–water partition coefficient (Wildman–Crippen LogP) is 3.77. The standard InChI is InChI=1S/C21H20ClFN2O3/c22-15-3-6-18-17(11-15)24-12-19(28-18)21(27)25-9-7-14(8-10-25)20(26)13-1-4-16(23)5-2-13/h1-6,11,14,19,24H,7-10,12H2. The Kier molecular flexibility index (Phi) is 5.22. The molecule has 0 aromatic heterocycles. The van der Waals surface area contributed by atoms with Crippen molar-refractivity contribution in [3.8, 4) is 5.75 Å². The lowest BCUT2D eigenvalue weighted by molar-refractivity contribution is -0.139. The molecule has 2 aromatic carbocycles. The van der Waals surface area contributed by atoms with E-state index in [2.05, 4.69) is 5.32 Å². The van der Waals surface area contributed by atoms with Gasteiger partial charge in [-0.15, -0.1) is 0 Å². The number of ether oxygens (including phenoxy) is 1. The van der Waals surface area contributed by atoms with Gasteiger partial charge >= 0.3 is 0 Å². The number of carbonyl (C=O) groups is 2. The number of amides is 1. The minimum absolute atomic E-state index is 0.00786. The molecule has 2 aliphatic rings. The Hall–Kier alpha value is -2.60. The van der Waals surface area contributed by atoms with Gasteiger partial charge in [0.05, 0.1) is 12.2 Å². The Morgan fingerprint density at radius 2 is 1.82 bits per heavy atom. The normalized spacial score (nSPS) is 19.4. The number of hydrogen-bond acceptors (Lipinski definition) is 4. The SMILES string of the molecule is O=C(c1ccc(F)cc1)C1CCN(C(=O)C2CNc3cc(Cl)ccc3O2)CC1. The van der Waals surface area contributed by atoms with Crippen molar-refractivity contribution in [1.82, 2.24) is 4.90 Å². The van der Waals surface area contributed by atoms with Crippen LogP contribution in [0.25, 0.3) is 0 Å². The molecule has 7 heteroatoms. The Bertz CT molecular complexity index is 895. The first-order valence-corrected chi connectivity index (χ1v) is 9.68. The van der Waals surface area contributed by atoms with Gasteiger partial charge in [0, 0.05) is 29.6 Å². The average molecular weight is 403 g/mol. The number of halogens is 2. The summed E-state index contributed by atoms with van der Waals surface area (Å²) in [6, 6.07) is 10.9. The molecule has 1 amide bonds. The molecule has 2 aromatic rings. The molecular weight excluding hydrogens is 383 g/mol. The molecule has 0 saturated carbocycles. The summed E-state index contributed by atoms with van der Waals surface area (Å²) in [5, 5.41) is 3.79. The molecule has 2 aliphatic heterocycles. The molecule has 1 fully saturated rings. The minimum atomic E-state index is -0.599. The zero-order valence-corrected chi connectivity index (χ0v) is 15.9. The zero-order valence-electron chi connectivity index (χ0n) is 15.2. The third kappa shape index (κ3) is 3.83. The molecule has 0 radical (unpaired) electrons. The molecule has 0 aliphatic carbocycles. The van der Waals surface area contributed by atoms with E-state index in [0.29, 0.717) is 48.8 Å². The Balaban J connectivity index is 1.35. The second-order valence-corrected chi connectivity index (χ2v) is 7.54. The van der Waals surface area contributed by atoms with Crippen LogP contribution in [0, 0.1) is 11.7 Å². The summed E-state index contributed by atoms with van der Waals surface area (Å²) in [7, 11) is 0. The van der Waals surface area contributed by atoms with Gasteiger partial charge < -0.3 is 15.0 Å². The van der Waals surface area contributed by atoms with Crippen LogP contribution >= 0.6 is 11.6 Å². The van der Waals surface area contributed by atoms with E-state index in [-0.39, 0.29) is 23.4 Å². The third-order valence-electron chi connectivity index (χ3n) is 5.27. The van der Waals surface area contributed by atoms with Crippen LogP contribution in [0.2, 0.25) is 5.02 Å². The van der Waals surface area contributed by atoms with Crippen LogP contribution in [0.1, 0.15) is 23.2 Å². The molecule has 1 unspecified atom stereocenters. The number of Topliss-reactive ketones (excluding diaryl/α,β-unsaturated/α-hetero) is 1. The Morgan fingerprint density at radius 1 is 1.11 bits per heavy atom. The average Bonchev–Trinajstić information content (AvgIpc) is 2.73. The number of ketones is 1. The third-order valence-corrected chi connectivity index (χ3v) is 5.51. The molecular formula is C21H20ClFN2O3. The predicted molar refractivity (Wildman–Crippen MR) is 104 cm³/mol. The maximum absolute atomic E-state index is 13.0. The van der Waals surface area contributed by atoms with Crippen LogP contribution < -0.4 is 10.1 Å². The zero-order chi connectivity index (χ0) is 19.7. The second-order valence-electron chi connectivity index (χ2n) is 7.10. The smallest absolute Gasteiger partial charge is 0.265 e. The highest BCUT2D eigenvalue weighted by Crippen LogP contribution is 2.32. The van der Waals surface area contributed by atoms with Crippen molar-refractivity contribution in [3.05, 3.63) is 58.9 Å². The number of nitrogens with one attached hydrogen (secondary N) is 1. The highest BCUT2D eigenvalue weighted by atomic mass is 35.5. The van der Waals surface area contributed by atoms with Crippen molar-refractivity contribution in [2.75, 3.05) is 25.0 Å². The van der Waals surface area contributed by atoms with Crippen molar-refractivity contribution in [1.29, 1.82) is 0 Å². The summed E-state index contributed by atoms with van der Waals surface area (Å²) in [6.45, 7) is 1.38. The quantitative estimate of drug-likeness (QED) is 0.794. The van der Waals surface area contributed by atoms with E-state index in [9.17, 15) is 14.0 Å². The molecule has 28 heavy (non-hydrogen) atoms. The molecule has 1 atom stereocenters. The lowest BCUT2D eigenvalue weighted by Crippen LogP contribution is -2.50. The van der Waals surface area contributed by atoms with E-state index in [0.717, 1.165) is 5.69 Å². The van der Waals surface area contributed by atoms with Gasteiger partial charge in [-0.1, -0.05) is 11.6 Å². The van der Waals surface area contributed by atoms with Gasteiger partial charge in [-0.3, -0.25) is 9.59 Å². The number of likely N-dealkylation sites (tertiary alicyclic amines) is 1. The Morgan fingerprint density at radius 3 is 2.54 bits per heavy atom. The molecule has 1 saturated heterocycles. The largest absolute Gasteiger partial charge is 0.477 e. The fourth-order valence-corrected chi connectivity index (χ4v) is 3.87. The number of nitrogens with zero attached hydrogens (tertiary/aromatic N) is 1. The summed E-state index contributed by atoms with van der Waals surface area (Å²) in [5.74, 6) is 0.0225. The fraction of sp³-hybridized carbons (Fsp3) is 0.333. The van der Waals surface area contributed by atoms with Gasteiger partial charge in [0.15, 0.2) is 11.9 Å². The number of benzene rings is 2. The summed E-state index contributed by atoms with van der Waals surface area (Å²) < 4.78 is 18.9. The van der Waals surface area contributed by atoms with Gasteiger partial charge in [-0.2, -0.15) is 0 Å². The summed E-state index contributed by atoms with van der Waals surface area (Å²) in [4.78, 5) is 27.2. The Labute approximate surface area is 167 Å². The number of fused-ring (bicyclic) bond motifs is 1. The minimum Gasteiger partial charge on any atom is -0.477 e. The lowest BCUT2D eigenvalue weighted by Gasteiger charge is -2.35.